The van der Waals surface area contributed by atoms with E-state index >= 15 is 0 Å². The Morgan fingerprint density at radius 1 is 1.67 bits per heavy atom. The molecule has 0 spiro atoms. The molecular formula is C7H13FO. The SMILES string of the molecule is C[C@]1(O)CCCC(F)C1. The minimum Gasteiger partial charge on any atom is -0.390 e. The standard InChI is InChI=1S/C7H13FO/c1-7(9)4-2-3-6(8)5-7/h6,9H,2-5H2,1H3/t6?,7-/m0/s1. The van der Waals surface area contributed by atoms with Crippen LogP contribution in [0.2, 0.25) is 0 Å². The first-order valence-corrected chi connectivity index (χ1v) is 3.47. The van der Waals surface area contributed by atoms with Crippen LogP contribution in [0.5, 0.6) is 0 Å². The molecule has 9 heavy (non-hydrogen) atoms. The minimum absolute atomic E-state index is 0.326. The summed E-state index contributed by atoms with van der Waals surface area (Å²) in [7, 11) is 0. The van der Waals surface area contributed by atoms with E-state index in [1.54, 1.807) is 6.92 Å². The summed E-state index contributed by atoms with van der Waals surface area (Å²) in [6, 6.07) is 0. The number of rotatable bonds is 0. The molecule has 0 aromatic heterocycles. The smallest absolute Gasteiger partial charge is 0.103 e. The van der Waals surface area contributed by atoms with Crippen LogP contribution in [0, 0.1) is 0 Å². The summed E-state index contributed by atoms with van der Waals surface area (Å²) in [5, 5.41) is 9.30. The molecule has 2 heteroatoms. The number of hydrogen-bond acceptors (Lipinski definition) is 1. The zero-order valence-corrected chi connectivity index (χ0v) is 5.73. The quantitative estimate of drug-likeness (QED) is 0.531. The average molecular weight is 132 g/mol. The van der Waals surface area contributed by atoms with Crippen molar-refractivity contribution in [2.24, 2.45) is 0 Å². The van der Waals surface area contributed by atoms with E-state index in [2.05, 4.69) is 0 Å². The van der Waals surface area contributed by atoms with Gasteiger partial charge in [0.1, 0.15) is 6.17 Å². The van der Waals surface area contributed by atoms with Crippen LogP contribution < -0.4 is 0 Å². The Kier molecular flexibility index (Phi) is 1.75. The molecule has 1 fully saturated rings. The second-order valence-electron chi connectivity index (χ2n) is 3.19. The molecule has 0 radical (unpaired) electrons. The van der Waals surface area contributed by atoms with Crippen molar-refractivity contribution in [2.75, 3.05) is 0 Å². The van der Waals surface area contributed by atoms with E-state index in [0.717, 1.165) is 12.8 Å². The number of aliphatic hydroxyl groups is 1. The third kappa shape index (κ3) is 1.94. The van der Waals surface area contributed by atoms with Crippen molar-refractivity contribution in [3.63, 3.8) is 0 Å². The van der Waals surface area contributed by atoms with Crippen molar-refractivity contribution < 1.29 is 9.50 Å². The third-order valence-corrected chi connectivity index (χ3v) is 1.89. The highest BCUT2D eigenvalue weighted by molar-refractivity contribution is 4.81. The molecule has 54 valence electrons. The lowest BCUT2D eigenvalue weighted by atomic mass is 9.85. The maximum absolute atomic E-state index is 12.5. The molecule has 1 N–H and O–H groups in total. The number of halogens is 1. The Morgan fingerprint density at radius 3 is 2.67 bits per heavy atom. The Hall–Kier alpha value is -0.110. The molecule has 1 aliphatic rings. The zero-order chi connectivity index (χ0) is 6.91. The lowest BCUT2D eigenvalue weighted by Crippen LogP contribution is -2.32. The maximum atomic E-state index is 12.5. The van der Waals surface area contributed by atoms with Crippen LogP contribution in [0.25, 0.3) is 0 Å². The van der Waals surface area contributed by atoms with Crippen LogP contribution in [0.3, 0.4) is 0 Å². The predicted molar refractivity (Wildman–Crippen MR) is 34.0 cm³/mol. The van der Waals surface area contributed by atoms with Gasteiger partial charge in [0, 0.05) is 6.42 Å². The van der Waals surface area contributed by atoms with Crippen molar-refractivity contribution in [3.8, 4) is 0 Å². The van der Waals surface area contributed by atoms with Gasteiger partial charge in [0.2, 0.25) is 0 Å². The molecule has 0 heterocycles. The minimum atomic E-state index is -0.770. The Bertz CT molecular complexity index is 101. The molecule has 1 unspecified atom stereocenters. The first-order valence-electron chi connectivity index (χ1n) is 3.47. The predicted octanol–water partition coefficient (Wildman–Crippen LogP) is 1.65. The van der Waals surface area contributed by atoms with Gasteiger partial charge in [-0.2, -0.15) is 0 Å². The second-order valence-corrected chi connectivity index (χ2v) is 3.19. The zero-order valence-electron chi connectivity index (χ0n) is 5.73. The lowest BCUT2D eigenvalue weighted by molar-refractivity contribution is -0.00713. The van der Waals surface area contributed by atoms with E-state index in [1.165, 1.54) is 0 Å². The Labute approximate surface area is 54.9 Å². The van der Waals surface area contributed by atoms with Crippen LogP contribution in [0.15, 0.2) is 0 Å². The maximum Gasteiger partial charge on any atom is 0.103 e. The van der Waals surface area contributed by atoms with Gasteiger partial charge in [0.15, 0.2) is 0 Å². The van der Waals surface area contributed by atoms with Crippen LogP contribution in [0.1, 0.15) is 32.6 Å². The summed E-state index contributed by atoms with van der Waals surface area (Å²) in [4.78, 5) is 0. The topological polar surface area (TPSA) is 20.2 Å². The number of alkyl halides is 1. The summed E-state index contributed by atoms with van der Waals surface area (Å²) in [5.74, 6) is 0. The van der Waals surface area contributed by atoms with E-state index in [0.29, 0.717) is 12.8 Å². The first kappa shape index (κ1) is 7.00. The third-order valence-electron chi connectivity index (χ3n) is 1.89. The highest BCUT2D eigenvalue weighted by Gasteiger charge is 2.29. The molecule has 0 saturated heterocycles. The molecular weight excluding hydrogens is 119 g/mol. The van der Waals surface area contributed by atoms with Crippen LogP contribution in [-0.4, -0.2) is 16.9 Å². The van der Waals surface area contributed by atoms with Crippen molar-refractivity contribution in [1.82, 2.24) is 0 Å². The van der Waals surface area contributed by atoms with Crippen LogP contribution >= 0.6 is 0 Å². The van der Waals surface area contributed by atoms with Gasteiger partial charge in [0.05, 0.1) is 5.60 Å². The van der Waals surface area contributed by atoms with Gasteiger partial charge in [-0.3, -0.25) is 0 Å². The first-order chi connectivity index (χ1) is 4.10. The molecule has 2 atom stereocenters. The summed E-state index contributed by atoms with van der Waals surface area (Å²) >= 11 is 0. The van der Waals surface area contributed by atoms with Crippen molar-refractivity contribution in [1.29, 1.82) is 0 Å². The van der Waals surface area contributed by atoms with Gasteiger partial charge < -0.3 is 5.11 Å². The van der Waals surface area contributed by atoms with Gasteiger partial charge in [-0.25, -0.2) is 4.39 Å². The fourth-order valence-corrected chi connectivity index (χ4v) is 1.39. The molecule has 0 aromatic carbocycles. The molecule has 1 aliphatic carbocycles. The molecule has 0 aromatic rings. The van der Waals surface area contributed by atoms with E-state index in [-0.39, 0.29) is 0 Å². The van der Waals surface area contributed by atoms with Gasteiger partial charge in [0.25, 0.3) is 0 Å². The normalized spacial score (nSPS) is 45.0. The monoisotopic (exact) mass is 132 g/mol. The molecule has 0 amide bonds. The average Bonchev–Trinajstić information content (AvgIpc) is 1.60. The molecule has 1 rings (SSSR count). The van der Waals surface area contributed by atoms with Crippen molar-refractivity contribution in [2.45, 2.75) is 44.4 Å². The van der Waals surface area contributed by atoms with Gasteiger partial charge in [-0.05, 0) is 26.2 Å². The molecule has 1 saturated carbocycles. The Balaban J connectivity index is 2.41. The van der Waals surface area contributed by atoms with Crippen LogP contribution in [-0.2, 0) is 0 Å². The fraction of sp³-hybridized carbons (Fsp3) is 1.00. The van der Waals surface area contributed by atoms with Crippen molar-refractivity contribution in [3.05, 3.63) is 0 Å². The molecule has 0 aliphatic heterocycles. The highest BCUT2D eigenvalue weighted by Crippen LogP contribution is 2.29. The van der Waals surface area contributed by atoms with E-state index < -0.39 is 11.8 Å². The summed E-state index contributed by atoms with van der Waals surface area (Å²) in [5.41, 5.74) is -0.725. The summed E-state index contributed by atoms with van der Waals surface area (Å²) in [6.07, 6.45) is 1.78. The van der Waals surface area contributed by atoms with E-state index in [9.17, 15) is 9.50 Å². The second kappa shape index (κ2) is 2.25. The van der Waals surface area contributed by atoms with Gasteiger partial charge >= 0.3 is 0 Å². The largest absolute Gasteiger partial charge is 0.390 e. The molecule has 1 nitrogen and oxygen atoms in total. The van der Waals surface area contributed by atoms with Crippen molar-refractivity contribution >= 4 is 0 Å². The van der Waals surface area contributed by atoms with E-state index in [1.807, 2.05) is 0 Å². The molecule has 0 bridgehead atoms. The fourth-order valence-electron chi connectivity index (χ4n) is 1.39. The number of hydrogen-bond donors (Lipinski definition) is 1. The van der Waals surface area contributed by atoms with Gasteiger partial charge in [-0.15, -0.1) is 0 Å². The summed E-state index contributed by atoms with van der Waals surface area (Å²) < 4.78 is 12.5. The van der Waals surface area contributed by atoms with E-state index in [4.69, 9.17) is 0 Å². The van der Waals surface area contributed by atoms with Crippen LogP contribution in [0.4, 0.5) is 4.39 Å². The highest BCUT2D eigenvalue weighted by atomic mass is 19.1. The summed E-state index contributed by atoms with van der Waals surface area (Å²) in [6.45, 7) is 1.71. The lowest BCUT2D eigenvalue weighted by Gasteiger charge is -2.29. The Morgan fingerprint density at radius 2 is 2.33 bits per heavy atom. The van der Waals surface area contributed by atoms with Gasteiger partial charge in [-0.1, -0.05) is 0 Å².